The molecule has 0 saturated heterocycles. The Kier molecular flexibility index (Phi) is 4.22. The van der Waals surface area contributed by atoms with Gasteiger partial charge in [0.1, 0.15) is 5.76 Å². The van der Waals surface area contributed by atoms with Crippen LogP contribution < -0.4 is 5.32 Å². The molecule has 0 atom stereocenters. The predicted molar refractivity (Wildman–Crippen MR) is 70.0 cm³/mol. The molecule has 0 spiro atoms. The van der Waals surface area contributed by atoms with Gasteiger partial charge in [0, 0.05) is 6.07 Å². The van der Waals surface area contributed by atoms with Gasteiger partial charge < -0.3 is 9.84 Å². The molecule has 1 aromatic carbocycles. The molecule has 0 aliphatic rings. The van der Waals surface area contributed by atoms with Crippen molar-refractivity contribution in [2.75, 3.05) is 5.32 Å². The standard InChI is InChI=1S/C13H10ClF3N2O2/c1-7-4-9(19-21-7)6-12(20)18-11-5-8(13(15,16)17)2-3-10(11)14/h2-5H,6H2,1H3,(H,18,20). The number of anilines is 1. The van der Waals surface area contributed by atoms with E-state index in [9.17, 15) is 18.0 Å². The number of rotatable bonds is 3. The molecule has 1 N–H and O–H groups in total. The van der Waals surface area contributed by atoms with Gasteiger partial charge in [-0.05, 0) is 25.1 Å². The highest BCUT2D eigenvalue weighted by Gasteiger charge is 2.31. The van der Waals surface area contributed by atoms with Crippen molar-refractivity contribution in [3.8, 4) is 0 Å². The average Bonchev–Trinajstić information content (AvgIpc) is 2.76. The molecular weight excluding hydrogens is 309 g/mol. The lowest BCUT2D eigenvalue weighted by Gasteiger charge is -2.11. The van der Waals surface area contributed by atoms with E-state index in [0.717, 1.165) is 18.2 Å². The Balaban J connectivity index is 2.13. The van der Waals surface area contributed by atoms with Crippen molar-refractivity contribution in [1.29, 1.82) is 0 Å². The molecule has 2 aromatic rings. The molecule has 1 aromatic heterocycles. The van der Waals surface area contributed by atoms with E-state index < -0.39 is 17.6 Å². The number of nitrogens with zero attached hydrogens (tertiary/aromatic N) is 1. The molecule has 1 heterocycles. The van der Waals surface area contributed by atoms with Gasteiger partial charge in [0.05, 0.1) is 28.4 Å². The third-order valence-corrected chi connectivity index (χ3v) is 2.92. The SMILES string of the molecule is Cc1cc(CC(=O)Nc2cc(C(F)(F)F)ccc2Cl)no1. The minimum absolute atomic E-state index is 0.0210. The number of nitrogens with one attached hydrogen (secondary N) is 1. The van der Waals surface area contributed by atoms with Gasteiger partial charge in [0.2, 0.25) is 5.91 Å². The smallest absolute Gasteiger partial charge is 0.361 e. The van der Waals surface area contributed by atoms with Crippen LogP contribution in [-0.2, 0) is 17.4 Å². The monoisotopic (exact) mass is 318 g/mol. The number of aromatic nitrogens is 1. The molecule has 4 nitrogen and oxygen atoms in total. The fourth-order valence-corrected chi connectivity index (χ4v) is 1.82. The molecule has 2 rings (SSSR count). The highest BCUT2D eigenvalue weighted by Crippen LogP contribution is 2.33. The Morgan fingerprint density at radius 1 is 1.38 bits per heavy atom. The van der Waals surface area contributed by atoms with E-state index in [4.69, 9.17) is 16.1 Å². The predicted octanol–water partition coefficient (Wildman–Crippen LogP) is 3.84. The number of alkyl halides is 3. The highest BCUT2D eigenvalue weighted by molar-refractivity contribution is 6.33. The Hall–Kier alpha value is -2.02. The maximum absolute atomic E-state index is 12.6. The number of carbonyl (C=O) groups excluding carboxylic acids is 1. The Bertz CT molecular complexity index is 668. The summed E-state index contributed by atoms with van der Waals surface area (Å²) >= 11 is 5.78. The van der Waals surface area contributed by atoms with E-state index >= 15 is 0 Å². The lowest BCUT2D eigenvalue weighted by molar-refractivity contribution is -0.137. The summed E-state index contributed by atoms with van der Waals surface area (Å²) in [6.45, 7) is 1.66. The summed E-state index contributed by atoms with van der Waals surface area (Å²) < 4.78 is 42.6. The van der Waals surface area contributed by atoms with Crippen molar-refractivity contribution in [3.63, 3.8) is 0 Å². The van der Waals surface area contributed by atoms with Crippen LogP contribution in [0.25, 0.3) is 0 Å². The largest absolute Gasteiger partial charge is 0.416 e. The number of halogens is 4. The quantitative estimate of drug-likeness (QED) is 0.935. The molecule has 0 unspecified atom stereocenters. The third kappa shape index (κ3) is 3.98. The van der Waals surface area contributed by atoms with Gasteiger partial charge in [-0.3, -0.25) is 4.79 Å². The summed E-state index contributed by atoms with van der Waals surface area (Å²) in [5, 5.41) is 5.98. The summed E-state index contributed by atoms with van der Waals surface area (Å²) in [5.74, 6) is -0.000532. The van der Waals surface area contributed by atoms with E-state index in [1.165, 1.54) is 0 Å². The number of carbonyl (C=O) groups is 1. The first-order valence-electron chi connectivity index (χ1n) is 5.84. The van der Waals surface area contributed by atoms with Crippen LogP contribution in [0.5, 0.6) is 0 Å². The van der Waals surface area contributed by atoms with Gasteiger partial charge in [-0.2, -0.15) is 13.2 Å². The van der Waals surface area contributed by atoms with Gasteiger partial charge >= 0.3 is 6.18 Å². The van der Waals surface area contributed by atoms with Crippen LogP contribution in [0.1, 0.15) is 17.0 Å². The van der Waals surface area contributed by atoms with Crippen molar-refractivity contribution in [1.82, 2.24) is 5.16 Å². The normalized spacial score (nSPS) is 11.5. The van der Waals surface area contributed by atoms with Gasteiger partial charge in [0.15, 0.2) is 0 Å². The van der Waals surface area contributed by atoms with Crippen molar-refractivity contribution in [2.24, 2.45) is 0 Å². The van der Waals surface area contributed by atoms with Crippen molar-refractivity contribution < 1.29 is 22.5 Å². The van der Waals surface area contributed by atoms with Gasteiger partial charge in [0.25, 0.3) is 0 Å². The zero-order valence-electron chi connectivity index (χ0n) is 10.8. The number of hydrogen-bond acceptors (Lipinski definition) is 3. The van der Waals surface area contributed by atoms with Crippen LogP contribution in [0.3, 0.4) is 0 Å². The van der Waals surface area contributed by atoms with Crippen LogP contribution in [0.15, 0.2) is 28.8 Å². The Morgan fingerprint density at radius 2 is 2.10 bits per heavy atom. The van der Waals surface area contributed by atoms with Crippen molar-refractivity contribution in [2.45, 2.75) is 19.5 Å². The summed E-state index contributed by atoms with van der Waals surface area (Å²) in [6, 6.07) is 4.28. The van der Waals surface area contributed by atoms with Crippen LogP contribution >= 0.6 is 11.6 Å². The average molecular weight is 319 g/mol. The maximum atomic E-state index is 12.6. The van der Waals surface area contributed by atoms with Crippen molar-refractivity contribution in [3.05, 3.63) is 46.3 Å². The first kappa shape index (κ1) is 15.4. The first-order valence-corrected chi connectivity index (χ1v) is 6.22. The number of aryl methyl sites for hydroxylation is 1. The zero-order chi connectivity index (χ0) is 15.6. The molecule has 0 saturated carbocycles. The third-order valence-electron chi connectivity index (χ3n) is 2.59. The Labute approximate surface area is 122 Å². The van der Waals surface area contributed by atoms with E-state index in [2.05, 4.69) is 10.5 Å². The van der Waals surface area contributed by atoms with Gasteiger partial charge in [-0.1, -0.05) is 16.8 Å². The molecule has 0 bridgehead atoms. The molecule has 21 heavy (non-hydrogen) atoms. The summed E-state index contributed by atoms with van der Waals surface area (Å²) in [4.78, 5) is 11.8. The maximum Gasteiger partial charge on any atom is 0.416 e. The first-order chi connectivity index (χ1) is 9.75. The molecule has 0 aliphatic carbocycles. The minimum atomic E-state index is -4.51. The fourth-order valence-electron chi connectivity index (χ4n) is 1.66. The Morgan fingerprint density at radius 3 is 2.67 bits per heavy atom. The van der Waals surface area contributed by atoms with Crippen molar-refractivity contribution >= 4 is 23.2 Å². The van der Waals surface area contributed by atoms with Crippen LogP contribution in [-0.4, -0.2) is 11.1 Å². The number of amides is 1. The fraction of sp³-hybridized carbons (Fsp3) is 0.231. The molecule has 8 heteroatoms. The molecular formula is C13H10ClF3N2O2. The molecule has 0 aliphatic heterocycles. The molecule has 1 amide bonds. The summed E-state index contributed by atoms with van der Waals surface area (Å²) in [7, 11) is 0. The highest BCUT2D eigenvalue weighted by atomic mass is 35.5. The summed E-state index contributed by atoms with van der Waals surface area (Å²) in [6.07, 6.45) is -4.63. The second-order valence-corrected chi connectivity index (χ2v) is 4.75. The van der Waals surface area contributed by atoms with E-state index in [0.29, 0.717) is 11.5 Å². The second kappa shape index (κ2) is 5.77. The second-order valence-electron chi connectivity index (χ2n) is 4.35. The topological polar surface area (TPSA) is 55.1 Å². The molecule has 112 valence electrons. The zero-order valence-corrected chi connectivity index (χ0v) is 11.5. The summed E-state index contributed by atoms with van der Waals surface area (Å²) in [5.41, 5.74) is -0.607. The van der Waals surface area contributed by atoms with Gasteiger partial charge in [-0.15, -0.1) is 0 Å². The van der Waals surface area contributed by atoms with E-state index in [-0.39, 0.29) is 17.1 Å². The van der Waals surface area contributed by atoms with Crippen LogP contribution in [0, 0.1) is 6.92 Å². The lowest BCUT2D eigenvalue weighted by Crippen LogP contribution is -2.15. The lowest BCUT2D eigenvalue weighted by atomic mass is 10.2. The molecule has 0 fully saturated rings. The van der Waals surface area contributed by atoms with Gasteiger partial charge in [-0.25, -0.2) is 0 Å². The number of benzene rings is 1. The van der Waals surface area contributed by atoms with Crippen LogP contribution in [0.2, 0.25) is 5.02 Å². The molecule has 0 radical (unpaired) electrons. The van der Waals surface area contributed by atoms with Crippen LogP contribution in [0.4, 0.5) is 18.9 Å². The number of hydrogen-bond donors (Lipinski definition) is 1. The van der Waals surface area contributed by atoms with E-state index in [1.807, 2.05) is 0 Å². The minimum Gasteiger partial charge on any atom is -0.361 e. The van der Waals surface area contributed by atoms with E-state index in [1.54, 1.807) is 13.0 Å².